The van der Waals surface area contributed by atoms with Crippen molar-refractivity contribution in [2.24, 2.45) is 5.73 Å². The van der Waals surface area contributed by atoms with Gasteiger partial charge in [-0.05, 0) is 54.1 Å². The molecule has 1 aromatic heterocycles. The van der Waals surface area contributed by atoms with Crippen LogP contribution in [0.25, 0.3) is 10.4 Å². The van der Waals surface area contributed by atoms with Crippen LogP contribution in [0, 0.1) is 0 Å². The van der Waals surface area contributed by atoms with Gasteiger partial charge in [0.2, 0.25) is 5.91 Å². The zero-order valence-corrected chi connectivity index (χ0v) is 16.6. The molecule has 0 atom stereocenters. The van der Waals surface area contributed by atoms with E-state index in [2.05, 4.69) is 10.2 Å². The number of hydrogen-bond donors (Lipinski definition) is 2. The maximum Gasteiger partial charge on any atom is 0.265 e. The topological polar surface area (TPSA) is 84.7 Å². The van der Waals surface area contributed by atoms with E-state index in [4.69, 9.17) is 10.5 Å². The summed E-state index contributed by atoms with van der Waals surface area (Å²) in [5, 5.41) is 2.94. The van der Waals surface area contributed by atoms with Gasteiger partial charge in [0.05, 0.1) is 18.1 Å². The van der Waals surface area contributed by atoms with Gasteiger partial charge in [0, 0.05) is 34.9 Å². The fraction of sp³-hybridized carbons (Fsp3) is 0.182. The lowest BCUT2D eigenvalue weighted by molar-refractivity contribution is 0.0998. The molecular formula is C22H21N3O3S. The molecule has 7 heteroatoms. The van der Waals surface area contributed by atoms with E-state index in [1.54, 1.807) is 18.2 Å². The Labute approximate surface area is 172 Å². The van der Waals surface area contributed by atoms with Gasteiger partial charge in [-0.25, -0.2) is 0 Å². The number of carbonyl (C=O) groups is 2. The molecule has 0 bridgehead atoms. The fourth-order valence-corrected chi connectivity index (χ4v) is 4.09. The molecule has 3 N–H and O–H groups in total. The minimum atomic E-state index is -0.456. The second-order valence-electron chi connectivity index (χ2n) is 6.71. The summed E-state index contributed by atoms with van der Waals surface area (Å²) in [5.41, 5.74) is 8.56. The first-order valence-corrected chi connectivity index (χ1v) is 10.2. The molecule has 29 heavy (non-hydrogen) atoms. The number of nitrogens with zero attached hydrogens (tertiary/aromatic N) is 1. The van der Waals surface area contributed by atoms with E-state index in [0.717, 1.165) is 48.1 Å². The SMILES string of the molecule is NC(=O)c1ccc(-c2ccc(C(=O)Nc3ccc(N4CCOCC4)cc3)s2)cc1. The number of amides is 2. The number of thiophene rings is 1. The van der Waals surface area contributed by atoms with Gasteiger partial charge in [0.25, 0.3) is 5.91 Å². The third kappa shape index (κ3) is 4.47. The first-order valence-electron chi connectivity index (χ1n) is 9.34. The van der Waals surface area contributed by atoms with Crippen LogP contribution < -0.4 is 16.0 Å². The summed E-state index contributed by atoms with van der Waals surface area (Å²) in [6.07, 6.45) is 0. The molecule has 1 fully saturated rings. The largest absolute Gasteiger partial charge is 0.378 e. The third-order valence-corrected chi connectivity index (χ3v) is 5.92. The maximum absolute atomic E-state index is 12.6. The van der Waals surface area contributed by atoms with Crippen LogP contribution >= 0.6 is 11.3 Å². The van der Waals surface area contributed by atoms with E-state index in [1.165, 1.54) is 11.3 Å². The zero-order valence-electron chi connectivity index (χ0n) is 15.8. The summed E-state index contributed by atoms with van der Waals surface area (Å²) in [6.45, 7) is 3.24. The summed E-state index contributed by atoms with van der Waals surface area (Å²) in [4.78, 5) is 27.6. The van der Waals surface area contributed by atoms with Crippen LogP contribution in [0.3, 0.4) is 0 Å². The Hall–Kier alpha value is -3.16. The molecule has 1 saturated heterocycles. The number of nitrogens with one attached hydrogen (secondary N) is 1. The Morgan fingerprint density at radius 3 is 2.28 bits per heavy atom. The second-order valence-corrected chi connectivity index (χ2v) is 7.79. The molecule has 0 spiro atoms. The molecule has 1 aliphatic rings. The van der Waals surface area contributed by atoms with Crippen LogP contribution in [0.15, 0.2) is 60.7 Å². The molecule has 0 unspecified atom stereocenters. The lowest BCUT2D eigenvalue weighted by Gasteiger charge is -2.28. The van der Waals surface area contributed by atoms with Gasteiger partial charge in [-0.3, -0.25) is 9.59 Å². The molecule has 2 amide bonds. The molecule has 6 nitrogen and oxygen atoms in total. The Bertz CT molecular complexity index is 1010. The summed E-state index contributed by atoms with van der Waals surface area (Å²) in [7, 11) is 0. The number of anilines is 2. The summed E-state index contributed by atoms with van der Waals surface area (Å²) < 4.78 is 5.38. The smallest absolute Gasteiger partial charge is 0.265 e. The predicted molar refractivity (Wildman–Crippen MR) is 116 cm³/mol. The average Bonchev–Trinajstić information content (AvgIpc) is 3.25. The maximum atomic E-state index is 12.6. The van der Waals surface area contributed by atoms with Crippen molar-refractivity contribution in [2.45, 2.75) is 0 Å². The van der Waals surface area contributed by atoms with E-state index in [9.17, 15) is 9.59 Å². The van der Waals surface area contributed by atoms with Gasteiger partial charge in [0.1, 0.15) is 0 Å². The number of ether oxygens (including phenoxy) is 1. The molecule has 148 valence electrons. The van der Waals surface area contributed by atoms with Crippen LogP contribution in [-0.2, 0) is 4.74 Å². The highest BCUT2D eigenvalue weighted by Crippen LogP contribution is 2.29. The molecule has 0 aliphatic carbocycles. The van der Waals surface area contributed by atoms with Crippen molar-refractivity contribution < 1.29 is 14.3 Å². The first kappa shape index (κ1) is 19.2. The predicted octanol–water partition coefficient (Wildman–Crippen LogP) is 3.60. The number of carbonyl (C=O) groups excluding carboxylic acids is 2. The van der Waals surface area contributed by atoms with Crippen molar-refractivity contribution in [1.82, 2.24) is 0 Å². The van der Waals surface area contributed by atoms with Gasteiger partial charge in [0.15, 0.2) is 0 Å². The van der Waals surface area contributed by atoms with Crippen molar-refractivity contribution in [2.75, 3.05) is 36.5 Å². The highest BCUT2D eigenvalue weighted by atomic mass is 32.1. The molecular weight excluding hydrogens is 386 g/mol. The van der Waals surface area contributed by atoms with Gasteiger partial charge in [-0.15, -0.1) is 11.3 Å². The van der Waals surface area contributed by atoms with E-state index in [1.807, 2.05) is 42.5 Å². The summed E-state index contributed by atoms with van der Waals surface area (Å²) >= 11 is 1.40. The van der Waals surface area contributed by atoms with Crippen LogP contribution in [0.1, 0.15) is 20.0 Å². The van der Waals surface area contributed by atoms with E-state index < -0.39 is 5.91 Å². The van der Waals surface area contributed by atoms with E-state index >= 15 is 0 Å². The molecule has 0 radical (unpaired) electrons. The molecule has 3 aromatic rings. The number of morpholine rings is 1. The molecule has 2 aromatic carbocycles. The normalized spacial score (nSPS) is 13.9. The van der Waals surface area contributed by atoms with Crippen LogP contribution in [0.2, 0.25) is 0 Å². The molecule has 0 saturated carbocycles. The number of rotatable bonds is 5. The van der Waals surface area contributed by atoms with Crippen molar-refractivity contribution in [1.29, 1.82) is 0 Å². The van der Waals surface area contributed by atoms with Crippen molar-refractivity contribution >= 4 is 34.5 Å². The van der Waals surface area contributed by atoms with Gasteiger partial charge in [-0.1, -0.05) is 12.1 Å². The first-order chi connectivity index (χ1) is 14.1. The summed E-state index contributed by atoms with van der Waals surface area (Å²) in [6, 6.07) is 18.6. The molecule has 4 rings (SSSR count). The average molecular weight is 407 g/mol. The number of primary amides is 1. The number of hydrogen-bond acceptors (Lipinski definition) is 5. The van der Waals surface area contributed by atoms with Gasteiger partial charge < -0.3 is 20.7 Å². The molecule has 1 aliphatic heterocycles. The van der Waals surface area contributed by atoms with E-state index in [0.29, 0.717) is 10.4 Å². The zero-order chi connectivity index (χ0) is 20.2. The van der Waals surface area contributed by atoms with Gasteiger partial charge >= 0.3 is 0 Å². The lowest BCUT2D eigenvalue weighted by Crippen LogP contribution is -2.36. The minimum absolute atomic E-state index is 0.144. The third-order valence-electron chi connectivity index (χ3n) is 4.79. The number of nitrogens with two attached hydrogens (primary N) is 1. The standard InChI is InChI=1S/C22H21N3O3S/c23-21(26)16-3-1-15(2-4-16)19-9-10-20(29-19)22(27)24-17-5-7-18(8-6-17)25-11-13-28-14-12-25/h1-10H,11-14H2,(H2,23,26)(H,24,27). The number of benzene rings is 2. The van der Waals surface area contributed by atoms with Crippen LogP contribution in [-0.4, -0.2) is 38.1 Å². The van der Waals surface area contributed by atoms with E-state index in [-0.39, 0.29) is 5.91 Å². The van der Waals surface area contributed by atoms with Crippen LogP contribution in [0.5, 0.6) is 0 Å². The molecule has 2 heterocycles. The van der Waals surface area contributed by atoms with Gasteiger partial charge in [-0.2, -0.15) is 0 Å². The van der Waals surface area contributed by atoms with Crippen LogP contribution in [0.4, 0.5) is 11.4 Å². The Balaban J connectivity index is 1.42. The Kier molecular flexibility index (Phi) is 5.59. The van der Waals surface area contributed by atoms with Crippen molar-refractivity contribution in [3.63, 3.8) is 0 Å². The monoisotopic (exact) mass is 407 g/mol. The minimum Gasteiger partial charge on any atom is -0.378 e. The Morgan fingerprint density at radius 2 is 1.62 bits per heavy atom. The van der Waals surface area contributed by atoms with Crippen molar-refractivity contribution in [3.05, 3.63) is 71.1 Å². The van der Waals surface area contributed by atoms with Crippen molar-refractivity contribution in [3.8, 4) is 10.4 Å². The lowest BCUT2D eigenvalue weighted by atomic mass is 10.1. The highest BCUT2D eigenvalue weighted by Gasteiger charge is 2.13. The fourth-order valence-electron chi connectivity index (χ4n) is 3.18. The summed E-state index contributed by atoms with van der Waals surface area (Å²) in [5.74, 6) is -0.600. The second kappa shape index (κ2) is 8.46. The quantitative estimate of drug-likeness (QED) is 0.677. The highest BCUT2D eigenvalue weighted by molar-refractivity contribution is 7.17. The Morgan fingerprint density at radius 1 is 0.931 bits per heavy atom.